The van der Waals surface area contributed by atoms with Crippen LogP contribution in [0.2, 0.25) is 0 Å². The summed E-state index contributed by atoms with van der Waals surface area (Å²) >= 11 is 0. The summed E-state index contributed by atoms with van der Waals surface area (Å²) in [6.07, 6.45) is 6.33. The normalized spacial score (nSPS) is 27.1. The summed E-state index contributed by atoms with van der Waals surface area (Å²) in [5.41, 5.74) is 0. The number of hydrogen-bond acceptors (Lipinski definition) is 3. The number of likely N-dealkylation sites (tertiary alicyclic amines) is 3. The highest BCUT2D eigenvalue weighted by Crippen LogP contribution is 2.25. The molecule has 0 bridgehead atoms. The molecule has 134 valence electrons. The Morgan fingerprint density at radius 1 is 0.833 bits per heavy atom. The van der Waals surface area contributed by atoms with Crippen LogP contribution in [0.1, 0.15) is 51.9 Å². The highest BCUT2D eigenvalue weighted by molar-refractivity contribution is 5.80. The minimum Gasteiger partial charge on any atom is -0.343 e. The first-order valence-electron chi connectivity index (χ1n) is 9.37. The Labute approximate surface area is 144 Å². The van der Waals surface area contributed by atoms with Gasteiger partial charge in [0, 0.05) is 58.5 Å². The zero-order valence-corrected chi connectivity index (χ0v) is 14.7. The number of carbonyl (C=O) groups excluding carboxylic acids is 3. The summed E-state index contributed by atoms with van der Waals surface area (Å²) in [7, 11) is 0. The smallest absolute Gasteiger partial charge is 0.224 e. The van der Waals surface area contributed by atoms with E-state index in [1.807, 2.05) is 9.80 Å². The van der Waals surface area contributed by atoms with Crippen LogP contribution in [-0.2, 0) is 14.4 Å². The fourth-order valence-corrected chi connectivity index (χ4v) is 4.14. The fourth-order valence-electron chi connectivity index (χ4n) is 4.14. The van der Waals surface area contributed by atoms with E-state index in [1.54, 1.807) is 11.8 Å². The molecule has 3 amide bonds. The lowest BCUT2D eigenvalue weighted by Gasteiger charge is -2.40. The summed E-state index contributed by atoms with van der Waals surface area (Å²) in [5, 5.41) is 0. The molecule has 24 heavy (non-hydrogen) atoms. The van der Waals surface area contributed by atoms with Crippen molar-refractivity contribution in [3.63, 3.8) is 0 Å². The van der Waals surface area contributed by atoms with Crippen LogP contribution in [0.25, 0.3) is 0 Å². The van der Waals surface area contributed by atoms with Crippen LogP contribution >= 0.6 is 0 Å². The molecule has 0 radical (unpaired) electrons. The first kappa shape index (κ1) is 17.2. The molecule has 0 N–H and O–H groups in total. The van der Waals surface area contributed by atoms with E-state index in [1.165, 1.54) is 6.42 Å². The topological polar surface area (TPSA) is 60.9 Å². The number of nitrogens with zero attached hydrogens (tertiary/aromatic N) is 3. The maximum atomic E-state index is 12.4. The van der Waals surface area contributed by atoms with Crippen molar-refractivity contribution in [2.45, 2.75) is 57.9 Å². The molecule has 2 unspecified atom stereocenters. The molecule has 3 fully saturated rings. The molecular weight excluding hydrogens is 306 g/mol. The lowest BCUT2D eigenvalue weighted by Crippen LogP contribution is -2.52. The SMILES string of the molecule is CC(=O)N1CCC1CC(=O)N1CCC(CC(=O)N2CCCCC2)C1. The average Bonchev–Trinajstić information content (AvgIpc) is 3.00. The Bertz CT molecular complexity index is 502. The van der Waals surface area contributed by atoms with E-state index < -0.39 is 0 Å². The van der Waals surface area contributed by atoms with Crippen LogP contribution in [0.4, 0.5) is 0 Å². The number of hydrogen-bond donors (Lipinski definition) is 0. The van der Waals surface area contributed by atoms with Crippen LogP contribution in [0.15, 0.2) is 0 Å². The molecule has 2 atom stereocenters. The van der Waals surface area contributed by atoms with Crippen LogP contribution in [0, 0.1) is 5.92 Å². The molecule has 0 aromatic heterocycles. The molecule has 3 aliphatic rings. The van der Waals surface area contributed by atoms with Crippen LogP contribution in [0.5, 0.6) is 0 Å². The summed E-state index contributed by atoms with van der Waals surface area (Å²) < 4.78 is 0. The van der Waals surface area contributed by atoms with Gasteiger partial charge in [-0.2, -0.15) is 0 Å². The van der Waals surface area contributed by atoms with Crippen LogP contribution in [-0.4, -0.2) is 71.2 Å². The van der Waals surface area contributed by atoms with Crippen molar-refractivity contribution in [2.24, 2.45) is 5.92 Å². The van der Waals surface area contributed by atoms with E-state index in [9.17, 15) is 14.4 Å². The van der Waals surface area contributed by atoms with Crippen molar-refractivity contribution >= 4 is 17.7 Å². The van der Waals surface area contributed by atoms with Gasteiger partial charge in [0.15, 0.2) is 0 Å². The van der Waals surface area contributed by atoms with Crippen molar-refractivity contribution in [3.05, 3.63) is 0 Å². The molecule has 0 aromatic rings. The van der Waals surface area contributed by atoms with Crippen molar-refractivity contribution in [1.82, 2.24) is 14.7 Å². The molecular formula is C18H29N3O3. The van der Waals surface area contributed by atoms with E-state index in [4.69, 9.17) is 0 Å². The predicted octanol–water partition coefficient (Wildman–Crippen LogP) is 1.25. The zero-order valence-electron chi connectivity index (χ0n) is 14.7. The first-order valence-corrected chi connectivity index (χ1v) is 9.37. The van der Waals surface area contributed by atoms with Crippen molar-refractivity contribution in [1.29, 1.82) is 0 Å². The van der Waals surface area contributed by atoms with Crippen LogP contribution < -0.4 is 0 Å². The van der Waals surface area contributed by atoms with E-state index in [0.29, 0.717) is 25.3 Å². The predicted molar refractivity (Wildman–Crippen MR) is 90.1 cm³/mol. The van der Waals surface area contributed by atoms with Gasteiger partial charge in [-0.1, -0.05) is 0 Å². The summed E-state index contributed by atoms with van der Waals surface area (Å²) in [5.74, 6) is 0.758. The van der Waals surface area contributed by atoms with Gasteiger partial charge in [0.25, 0.3) is 0 Å². The van der Waals surface area contributed by atoms with Gasteiger partial charge in [-0.25, -0.2) is 0 Å². The molecule has 3 heterocycles. The molecule has 0 saturated carbocycles. The highest BCUT2D eigenvalue weighted by atomic mass is 16.2. The van der Waals surface area contributed by atoms with E-state index in [-0.39, 0.29) is 23.8 Å². The Balaban J connectivity index is 1.42. The molecule has 3 aliphatic heterocycles. The monoisotopic (exact) mass is 335 g/mol. The Morgan fingerprint density at radius 2 is 1.54 bits per heavy atom. The Hall–Kier alpha value is -1.59. The van der Waals surface area contributed by atoms with Gasteiger partial charge in [-0.05, 0) is 38.0 Å². The molecule has 0 aromatic carbocycles. The Kier molecular flexibility index (Phi) is 5.41. The number of rotatable bonds is 4. The lowest BCUT2D eigenvalue weighted by atomic mass is 9.99. The third-order valence-corrected chi connectivity index (χ3v) is 5.77. The minimum absolute atomic E-state index is 0.0606. The van der Waals surface area contributed by atoms with E-state index in [0.717, 1.165) is 51.9 Å². The van der Waals surface area contributed by atoms with Gasteiger partial charge >= 0.3 is 0 Å². The number of piperidine rings is 1. The minimum atomic E-state index is 0.0606. The van der Waals surface area contributed by atoms with Crippen molar-refractivity contribution < 1.29 is 14.4 Å². The van der Waals surface area contributed by atoms with Crippen LogP contribution in [0.3, 0.4) is 0 Å². The third kappa shape index (κ3) is 3.90. The van der Waals surface area contributed by atoms with Gasteiger partial charge in [-0.15, -0.1) is 0 Å². The quantitative estimate of drug-likeness (QED) is 0.777. The highest BCUT2D eigenvalue weighted by Gasteiger charge is 2.35. The Morgan fingerprint density at radius 3 is 2.17 bits per heavy atom. The van der Waals surface area contributed by atoms with Gasteiger partial charge in [-0.3, -0.25) is 14.4 Å². The molecule has 0 aliphatic carbocycles. The standard InChI is InChI=1S/C18H29N3O3/c1-14(22)21-10-6-16(21)12-18(24)20-9-5-15(13-20)11-17(23)19-7-3-2-4-8-19/h15-16H,2-13H2,1H3. The number of amides is 3. The molecule has 6 heteroatoms. The van der Waals surface area contributed by atoms with E-state index in [2.05, 4.69) is 0 Å². The first-order chi connectivity index (χ1) is 11.5. The van der Waals surface area contributed by atoms with Gasteiger partial charge in [0.05, 0.1) is 0 Å². The number of carbonyl (C=O) groups is 3. The molecule has 3 rings (SSSR count). The second kappa shape index (κ2) is 7.53. The summed E-state index contributed by atoms with van der Waals surface area (Å²) in [6.45, 7) is 5.59. The summed E-state index contributed by atoms with van der Waals surface area (Å²) in [6, 6.07) is 0.0871. The fraction of sp³-hybridized carbons (Fsp3) is 0.833. The van der Waals surface area contributed by atoms with Crippen molar-refractivity contribution in [2.75, 3.05) is 32.7 Å². The average molecular weight is 335 g/mol. The van der Waals surface area contributed by atoms with Gasteiger partial charge in [0.1, 0.15) is 0 Å². The molecule has 3 saturated heterocycles. The van der Waals surface area contributed by atoms with Gasteiger partial charge in [0.2, 0.25) is 17.7 Å². The largest absolute Gasteiger partial charge is 0.343 e. The maximum absolute atomic E-state index is 12.4. The molecule has 0 spiro atoms. The second-order valence-electron chi connectivity index (χ2n) is 7.50. The van der Waals surface area contributed by atoms with Gasteiger partial charge < -0.3 is 14.7 Å². The van der Waals surface area contributed by atoms with E-state index >= 15 is 0 Å². The molecule has 6 nitrogen and oxygen atoms in total. The van der Waals surface area contributed by atoms with Crippen molar-refractivity contribution in [3.8, 4) is 0 Å². The second-order valence-corrected chi connectivity index (χ2v) is 7.50. The summed E-state index contributed by atoms with van der Waals surface area (Å²) in [4.78, 5) is 41.9. The third-order valence-electron chi connectivity index (χ3n) is 5.77. The lowest BCUT2D eigenvalue weighted by molar-refractivity contribution is -0.141. The zero-order chi connectivity index (χ0) is 17.1. The maximum Gasteiger partial charge on any atom is 0.224 e.